The first-order chi connectivity index (χ1) is 18.6. The number of nitrogen functional groups attached to an aromatic ring is 1. The van der Waals surface area contributed by atoms with E-state index < -0.39 is 40.8 Å². The Balaban J connectivity index is 1.23. The van der Waals surface area contributed by atoms with Crippen molar-refractivity contribution in [2.24, 2.45) is 5.92 Å². The molecule has 202 valence electrons. The van der Waals surface area contributed by atoms with Crippen LogP contribution in [0.25, 0.3) is 22.5 Å². The van der Waals surface area contributed by atoms with Gasteiger partial charge in [0.25, 0.3) is 11.8 Å². The van der Waals surface area contributed by atoms with Crippen LogP contribution in [0, 0.1) is 17.7 Å². The number of anilines is 1. The molecule has 6 nitrogen and oxygen atoms in total. The van der Waals surface area contributed by atoms with Crippen molar-refractivity contribution in [1.29, 1.82) is 0 Å². The zero-order chi connectivity index (χ0) is 27.3. The Labute approximate surface area is 222 Å². The summed E-state index contributed by atoms with van der Waals surface area (Å²) in [7, 11) is 0. The minimum absolute atomic E-state index is 0.113. The summed E-state index contributed by atoms with van der Waals surface area (Å²) in [6.07, 6.45) is 5.01. The van der Waals surface area contributed by atoms with Gasteiger partial charge in [0.2, 0.25) is 5.95 Å². The van der Waals surface area contributed by atoms with E-state index in [1.165, 1.54) is 24.8 Å². The molecule has 10 heteroatoms. The van der Waals surface area contributed by atoms with E-state index in [0.717, 1.165) is 38.6 Å². The molecule has 0 spiro atoms. The molecule has 2 saturated carbocycles. The smallest absolute Gasteiger partial charge is 0.293 e. The lowest BCUT2D eigenvalue weighted by atomic mass is 9.89. The number of nitrogens with one attached hydrogen (secondary N) is 1. The third-order valence-corrected chi connectivity index (χ3v) is 9.22. The van der Waals surface area contributed by atoms with Crippen molar-refractivity contribution in [2.75, 3.05) is 18.8 Å². The number of piperidine rings is 1. The van der Waals surface area contributed by atoms with E-state index >= 15 is 0 Å². The molecule has 2 aliphatic heterocycles. The summed E-state index contributed by atoms with van der Waals surface area (Å²) in [4.78, 5) is 22.9. The molecule has 39 heavy (non-hydrogen) atoms. The molecule has 4 aliphatic rings. The van der Waals surface area contributed by atoms with E-state index in [0.29, 0.717) is 17.5 Å². The number of hydrogen-bond acceptors (Lipinski definition) is 5. The number of alkyl halides is 2. The number of amides is 1. The number of aromatic nitrogens is 2. The van der Waals surface area contributed by atoms with Gasteiger partial charge in [0.15, 0.2) is 5.82 Å². The molecule has 2 aromatic carbocycles. The van der Waals surface area contributed by atoms with Gasteiger partial charge in [-0.05, 0) is 49.8 Å². The number of halogens is 4. The van der Waals surface area contributed by atoms with Crippen LogP contribution >= 0.6 is 0 Å². The first-order valence-corrected chi connectivity index (χ1v) is 13.3. The summed E-state index contributed by atoms with van der Waals surface area (Å²) in [6.45, 7) is 3.32. The number of nitrogens with zero attached hydrogens (tertiary/aromatic N) is 3. The Hall–Kier alpha value is -3.53. The van der Waals surface area contributed by atoms with Crippen molar-refractivity contribution in [3.8, 4) is 22.5 Å². The second-order valence-corrected chi connectivity index (χ2v) is 11.4. The number of nitrogens with two attached hydrogens (primary N) is 1. The number of rotatable bonds is 4. The van der Waals surface area contributed by atoms with Crippen LogP contribution in [-0.4, -0.2) is 45.9 Å². The second kappa shape index (κ2) is 8.24. The van der Waals surface area contributed by atoms with Crippen molar-refractivity contribution in [1.82, 2.24) is 20.2 Å². The predicted octanol–water partition coefficient (Wildman–Crippen LogP) is 5.02. The topological polar surface area (TPSA) is 84.1 Å². The summed E-state index contributed by atoms with van der Waals surface area (Å²) in [5, 5.41) is 2.09. The molecular weight excluding hydrogens is 510 g/mol. The van der Waals surface area contributed by atoms with Crippen LogP contribution in [-0.2, 0) is 11.3 Å². The number of likely N-dealkylation sites (tertiary alicyclic amines) is 1. The molecule has 3 heterocycles. The van der Waals surface area contributed by atoms with Crippen molar-refractivity contribution in [3.05, 3.63) is 64.9 Å². The van der Waals surface area contributed by atoms with Gasteiger partial charge in [0.1, 0.15) is 17.2 Å². The Morgan fingerprint density at radius 1 is 1.05 bits per heavy atom. The first kappa shape index (κ1) is 24.5. The largest absolute Gasteiger partial charge is 0.382 e. The van der Waals surface area contributed by atoms with Gasteiger partial charge in [-0.15, -0.1) is 0 Å². The highest BCUT2D eigenvalue weighted by Gasteiger charge is 2.61. The Bertz CT molecular complexity index is 1520. The van der Waals surface area contributed by atoms with Gasteiger partial charge in [-0.2, -0.15) is 18.2 Å². The van der Waals surface area contributed by atoms with Gasteiger partial charge in [-0.3, -0.25) is 9.69 Å². The molecule has 3 N–H and O–H groups in total. The van der Waals surface area contributed by atoms with E-state index in [4.69, 9.17) is 5.73 Å². The zero-order valence-electron chi connectivity index (χ0n) is 21.3. The van der Waals surface area contributed by atoms with E-state index in [1.54, 1.807) is 12.1 Å². The maximum Gasteiger partial charge on any atom is 0.293 e. The summed E-state index contributed by atoms with van der Waals surface area (Å²) in [6, 6.07) is 8.61. The van der Waals surface area contributed by atoms with Gasteiger partial charge in [-0.25, -0.2) is 9.37 Å². The minimum atomic E-state index is -3.53. The van der Waals surface area contributed by atoms with E-state index in [1.807, 2.05) is 12.1 Å². The van der Waals surface area contributed by atoms with Crippen LogP contribution in [0.3, 0.4) is 0 Å². The lowest BCUT2D eigenvalue weighted by Gasteiger charge is -2.36. The minimum Gasteiger partial charge on any atom is -0.382 e. The van der Waals surface area contributed by atoms with E-state index in [2.05, 4.69) is 20.2 Å². The molecule has 0 bridgehead atoms. The summed E-state index contributed by atoms with van der Waals surface area (Å²) in [5.41, 5.74) is 5.87. The van der Waals surface area contributed by atoms with Crippen LogP contribution in [0.2, 0.25) is 0 Å². The average Bonchev–Trinajstić information content (AvgIpc) is 3.42. The highest BCUT2D eigenvalue weighted by atomic mass is 19.3. The van der Waals surface area contributed by atoms with E-state index in [9.17, 15) is 22.4 Å². The molecule has 3 atom stereocenters. The number of fused-ring (bicyclic) bond motifs is 2. The number of carbonyl (C=O) groups excluding carboxylic acids is 1. The van der Waals surface area contributed by atoms with Crippen LogP contribution in [0.5, 0.6) is 0 Å². The highest BCUT2D eigenvalue weighted by molar-refractivity contribution is 5.98. The third-order valence-electron chi connectivity index (χ3n) is 9.22. The second-order valence-electron chi connectivity index (χ2n) is 11.4. The molecule has 1 saturated heterocycles. The fourth-order valence-corrected chi connectivity index (χ4v) is 6.61. The maximum atomic E-state index is 15.0. The van der Waals surface area contributed by atoms with Gasteiger partial charge >= 0.3 is 0 Å². The van der Waals surface area contributed by atoms with Crippen LogP contribution < -0.4 is 11.1 Å². The van der Waals surface area contributed by atoms with Crippen molar-refractivity contribution in [2.45, 2.75) is 56.0 Å². The van der Waals surface area contributed by atoms with Gasteiger partial charge in [0.05, 0.1) is 11.6 Å². The van der Waals surface area contributed by atoms with E-state index in [-0.39, 0.29) is 28.2 Å². The molecule has 3 fully saturated rings. The molecule has 2 aliphatic carbocycles. The fraction of sp³-hybridized carbons (Fsp3) is 0.414. The third kappa shape index (κ3) is 3.60. The molecule has 1 aromatic heterocycles. The normalized spacial score (nSPS) is 27.5. The van der Waals surface area contributed by atoms with Crippen molar-refractivity contribution < 1.29 is 22.4 Å². The summed E-state index contributed by atoms with van der Waals surface area (Å²) >= 11 is 0. The number of hydrogen-bond donors (Lipinski definition) is 2. The SMILES string of the molecule is CC1NC(=O)c2c(F)cc(-c3nc(-c4ccc([C@]56C[C@H]5CN(C5CCC5)C6)cc4)c(F)nc3N)cc2C1(F)F. The van der Waals surface area contributed by atoms with Crippen molar-refractivity contribution >= 4 is 11.7 Å². The average molecular weight is 538 g/mol. The van der Waals surface area contributed by atoms with Gasteiger partial charge in [0, 0.05) is 41.2 Å². The predicted molar refractivity (Wildman–Crippen MR) is 137 cm³/mol. The van der Waals surface area contributed by atoms with Gasteiger partial charge in [-0.1, -0.05) is 30.7 Å². The monoisotopic (exact) mass is 537 g/mol. The zero-order valence-corrected chi connectivity index (χ0v) is 21.3. The molecule has 3 aromatic rings. The van der Waals surface area contributed by atoms with Crippen LogP contribution in [0.4, 0.5) is 23.4 Å². The van der Waals surface area contributed by atoms with Crippen LogP contribution in [0.15, 0.2) is 36.4 Å². The standard InChI is InChI=1S/C29H27F4N5O/c1-14-29(32,33)20-9-16(10-21(30)22(20)27(39)35-14)24-26(34)37-25(31)23(36-24)15-5-7-17(8-6-15)28-11-18(28)12-38(13-28)19-3-2-4-19/h5-10,14,18-19H,2-4,11-13H2,1H3,(H2,34,37)(H,35,39)/t14?,18-,28+/m0/s1. The lowest BCUT2D eigenvalue weighted by Crippen LogP contribution is -2.49. The molecule has 1 amide bonds. The lowest BCUT2D eigenvalue weighted by molar-refractivity contribution is -0.0417. The fourth-order valence-electron chi connectivity index (χ4n) is 6.61. The Morgan fingerprint density at radius 3 is 2.49 bits per heavy atom. The number of benzene rings is 2. The van der Waals surface area contributed by atoms with Crippen molar-refractivity contribution in [3.63, 3.8) is 0 Å². The first-order valence-electron chi connectivity index (χ1n) is 13.3. The maximum absolute atomic E-state index is 15.0. The molecular formula is C29H27F4N5O. The number of carbonyl (C=O) groups is 1. The van der Waals surface area contributed by atoms with Gasteiger partial charge < -0.3 is 11.1 Å². The molecule has 1 unspecified atom stereocenters. The van der Waals surface area contributed by atoms with Crippen LogP contribution in [0.1, 0.15) is 54.1 Å². The summed E-state index contributed by atoms with van der Waals surface area (Å²) in [5.74, 6) is -6.25. The molecule has 7 rings (SSSR count). The Kier molecular flexibility index (Phi) is 5.18. The quantitative estimate of drug-likeness (QED) is 0.457. The summed E-state index contributed by atoms with van der Waals surface area (Å²) < 4.78 is 59.8. The highest BCUT2D eigenvalue weighted by Crippen LogP contribution is 2.60. The Morgan fingerprint density at radius 2 is 1.79 bits per heavy atom. The molecule has 0 radical (unpaired) electrons.